The van der Waals surface area contributed by atoms with Crippen LogP contribution in [-0.2, 0) is 55.6 Å². The first-order valence-electron chi connectivity index (χ1n) is 0. The van der Waals surface area contributed by atoms with Crippen molar-refractivity contribution >= 4 is 8.41 Å². The summed E-state index contributed by atoms with van der Waals surface area (Å²) >= 11 is 0. The molecule has 0 fully saturated rings. The van der Waals surface area contributed by atoms with E-state index in [1.807, 2.05) is 0 Å². The van der Waals surface area contributed by atoms with E-state index in [1.54, 1.807) is 0 Å². The van der Waals surface area contributed by atoms with Gasteiger partial charge in [0, 0.05) is 55.6 Å². The second-order valence-corrected chi connectivity index (χ2v) is 0. The Morgan fingerprint density at radius 3 is 1.00 bits per heavy atom. The summed E-state index contributed by atoms with van der Waals surface area (Å²) < 4.78 is 0. The molecule has 0 N–H and O–H groups in total. The van der Waals surface area contributed by atoms with Gasteiger partial charge in [0.15, 0.2) is 0 Å². The van der Waals surface area contributed by atoms with Gasteiger partial charge >= 0.3 is 0 Å². The van der Waals surface area contributed by atoms with Crippen LogP contribution in [0.25, 0.3) is 0 Å². The SMILES string of the molecule is B.[Co].[Fe].[Ti]. The van der Waals surface area contributed by atoms with Crippen molar-refractivity contribution in [3.8, 4) is 0 Å². The van der Waals surface area contributed by atoms with Crippen molar-refractivity contribution in [2.75, 3.05) is 0 Å². The Morgan fingerprint density at radius 1 is 1.00 bits per heavy atom. The van der Waals surface area contributed by atoms with Crippen LogP contribution in [0.15, 0.2) is 0 Å². The predicted octanol–water partition coefficient (Wildman–Crippen LogP) is -1.19. The van der Waals surface area contributed by atoms with Crippen molar-refractivity contribution in [3.63, 3.8) is 0 Å². The summed E-state index contributed by atoms with van der Waals surface area (Å²) in [5.41, 5.74) is 0. The Balaban J connectivity index is 0. The van der Waals surface area contributed by atoms with Crippen molar-refractivity contribution in [2.24, 2.45) is 0 Å². The van der Waals surface area contributed by atoms with Gasteiger partial charge in [-0.05, 0) is 0 Å². The molecule has 27 valence electrons. The molecule has 0 spiro atoms. The minimum absolute atomic E-state index is 0. The first-order chi connectivity index (χ1) is 0. The molecule has 0 bridgehead atoms. The van der Waals surface area contributed by atoms with Gasteiger partial charge in [0.25, 0.3) is 0 Å². The number of hydrogen-bond donors (Lipinski definition) is 0. The van der Waals surface area contributed by atoms with Gasteiger partial charge in [-0.25, -0.2) is 0 Å². The van der Waals surface area contributed by atoms with Crippen LogP contribution >= 0.6 is 0 Å². The molecule has 0 atom stereocenters. The summed E-state index contributed by atoms with van der Waals surface area (Å²) in [6, 6.07) is 0. The molecule has 4 heteroatoms. The zero-order valence-electron chi connectivity index (χ0n) is 1.19. The summed E-state index contributed by atoms with van der Waals surface area (Å²) in [6.07, 6.45) is 0. The van der Waals surface area contributed by atoms with Crippen LogP contribution in [-0.4, -0.2) is 8.41 Å². The van der Waals surface area contributed by atoms with Crippen LogP contribution in [0, 0.1) is 0 Å². The zero-order valence-corrected chi connectivity index (χ0v) is 4.89. The summed E-state index contributed by atoms with van der Waals surface area (Å²) in [4.78, 5) is 0. The van der Waals surface area contributed by atoms with E-state index in [4.69, 9.17) is 0 Å². The van der Waals surface area contributed by atoms with E-state index in [1.165, 1.54) is 0 Å². The van der Waals surface area contributed by atoms with E-state index in [2.05, 4.69) is 0 Å². The van der Waals surface area contributed by atoms with Crippen molar-refractivity contribution in [1.29, 1.82) is 0 Å². The van der Waals surface area contributed by atoms with Gasteiger partial charge in [-0.1, -0.05) is 0 Å². The Morgan fingerprint density at radius 2 is 1.00 bits per heavy atom. The molecule has 1 radical (unpaired) electrons. The third-order valence-electron chi connectivity index (χ3n) is 0. The van der Waals surface area contributed by atoms with Crippen molar-refractivity contribution < 1.29 is 55.6 Å². The van der Waals surface area contributed by atoms with E-state index in [9.17, 15) is 0 Å². The molecule has 0 unspecified atom stereocenters. The van der Waals surface area contributed by atoms with Gasteiger partial charge in [-0.15, -0.1) is 0 Å². The van der Waals surface area contributed by atoms with Crippen LogP contribution in [0.4, 0.5) is 0 Å². The standard InChI is InChI=1S/BH3.Co.Fe.Ti/h1H3;;;. The fourth-order valence-corrected chi connectivity index (χ4v) is 0. The molecule has 0 aliphatic rings. The van der Waals surface area contributed by atoms with E-state index >= 15 is 0 Å². The summed E-state index contributed by atoms with van der Waals surface area (Å²) in [6.45, 7) is 0. The van der Waals surface area contributed by atoms with E-state index < -0.39 is 0 Å². The molecule has 0 nitrogen and oxygen atoms in total. The third kappa shape index (κ3) is 9.19. The van der Waals surface area contributed by atoms with Crippen molar-refractivity contribution in [2.45, 2.75) is 0 Å². The Kier molecular flexibility index (Phi) is 220. The quantitative estimate of drug-likeness (QED) is 0.407. The molecule has 0 aromatic rings. The second-order valence-electron chi connectivity index (χ2n) is 0. The third-order valence-corrected chi connectivity index (χ3v) is 0. The van der Waals surface area contributed by atoms with Gasteiger partial charge < -0.3 is 0 Å². The Hall–Kier alpha value is 1.81. The molecule has 0 saturated heterocycles. The first-order valence-corrected chi connectivity index (χ1v) is 0. The van der Waals surface area contributed by atoms with Crippen LogP contribution in [0.3, 0.4) is 0 Å². The first kappa shape index (κ1) is 41.1. The summed E-state index contributed by atoms with van der Waals surface area (Å²) in [7, 11) is 0. The van der Waals surface area contributed by atoms with E-state index in [-0.39, 0.29) is 64.0 Å². The molecule has 0 saturated carbocycles. The maximum Gasteiger partial charge on any atom is 0.0814 e. The molecule has 0 amide bonds. The fourth-order valence-electron chi connectivity index (χ4n) is 0. The van der Waals surface area contributed by atoms with Crippen molar-refractivity contribution in [1.82, 2.24) is 0 Å². The molecule has 4 heavy (non-hydrogen) atoms. The molecule has 0 aromatic heterocycles. The largest absolute Gasteiger partial charge is 0.0814 e. The maximum atomic E-state index is 0. The van der Waals surface area contributed by atoms with Gasteiger partial charge in [0.2, 0.25) is 0 Å². The summed E-state index contributed by atoms with van der Waals surface area (Å²) in [5, 5.41) is 0. The Bertz CT molecular complexity index is 8.00. The molecular weight excluding hydrogens is 173 g/mol. The van der Waals surface area contributed by atoms with Gasteiger partial charge in [-0.3, -0.25) is 0 Å². The maximum absolute atomic E-state index is 0. The van der Waals surface area contributed by atoms with Crippen LogP contribution in [0.5, 0.6) is 0 Å². The monoisotopic (exact) mass is 177 g/mol. The zero-order chi connectivity index (χ0) is 0. The number of rotatable bonds is 0. The molecule has 0 aromatic carbocycles. The fraction of sp³-hybridized carbons (Fsp3) is 0. The average Bonchev–Trinajstić information content (AvgIpc) is 0. The average molecular weight is 176 g/mol. The molecular formula is H3BCoFeTi. The molecule has 0 aliphatic carbocycles. The predicted molar refractivity (Wildman–Crippen MR) is 9.94 cm³/mol. The molecule has 0 rings (SSSR count). The number of hydrogen-bond acceptors (Lipinski definition) is 0. The van der Waals surface area contributed by atoms with Crippen LogP contribution < -0.4 is 0 Å². The van der Waals surface area contributed by atoms with E-state index in [0.29, 0.717) is 0 Å². The smallest absolute Gasteiger partial charge is 0 e. The van der Waals surface area contributed by atoms with Crippen LogP contribution in [0.1, 0.15) is 0 Å². The summed E-state index contributed by atoms with van der Waals surface area (Å²) in [5.74, 6) is 0. The van der Waals surface area contributed by atoms with Gasteiger partial charge in [0.1, 0.15) is 0 Å². The minimum Gasteiger partial charge on any atom is 0 e. The van der Waals surface area contributed by atoms with Gasteiger partial charge in [-0.2, -0.15) is 0 Å². The molecule has 0 aliphatic heterocycles. The normalized spacial score (nSPS) is 0. The van der Waals surface area contributed by atoms with Crippen molar-refractivity contribution in [3.05, 3.63) is 0 Å². The second kappa shape index (κ2) is 21.4. The van der Waals surface area contributed by atoms with Crippen LogP contribution in [0.2, 0.25) is 0 Å². The topological polar surface area (TPSA) is 0 Å². The minimum atomic E-state index is 0. The van der Waals surface area contributed by atoms with E-state index in [0.717, 1.165) is 0 Å². The Labute approximate surface area is 63.6 Å². The molecule has 0 heterocycles. The van der Waals surface area contributed by atoms with Gasteiger partial charge in [0.05, 0.1) is 8.41 Å².